The Labute approximate surface area is 346 Å². The fourth-order valence-corrected chi connectivity index (χ4v) is 14.0. The van der Waals surface area contributed by atoms with Gasteiger partial charge in [-0.1, -0.05) is 32.0 Å². The topological polar surface area (TPSA) is 154 Å². The molecule has 13 nitrogen and oxygen atoms in total. The van der Waals surface area contributed by atoms with Gasteiger partial charge in [-0.15, -0.1) is 0 Å². The normalized spacial score (nSPS) is 37.2. The highest BCUT2D eigenvalue weighted by Crippen LogP contribution is 2.69. The number of benzene rings is 2. The number of aromatic amines is 1. The van der Waals surface area contributed by atoms with E-state index in [-0.39, 0.29) is 12.0 Å². The number of anilines is 1. The summed E-state index contributed by atoms with van der Waals surface area (Å²) >= 11 is 0. The van der Waals surface area contributed by atoms with Crippen LogP contribution in [0.3, 0.4) is 0 Å². The summed E-state index contributed by atoms with van der Waals surface area (Å²) in [5.74, 6) is -1.46. The maximum atomic E-state index is 15.3. The Hall–Kier alpha value is -4.17. The molecule has 0 amide bonds. The summed E-state index contributed by atoms with van der Waals surface area (Å²) in [5, 5.41) is 26.4. The molecule has 10 atom stereocenters. The maximum absolute atomic E-state index is 15.3. The molecule has 0 radical (unpaired) electrons. The Morgan fingerprint density at radius 3 is 2.37 bits per heavy atom. The van der Waals surface area contributed by atoms with Gasteiger partial charge in [-0.3, -0.25) is 19.4 Å². The first kappa shape index (κ1) is 40.2. The lowest BCUT2D eigenvalue weighted by Gasteiger charge is -2.65. The van der Waals surface area contributed by atoms with E-state index in [0.717, 1.165) is 46.4 Å². The van der Waals surface area contributed by atoms with E-state index in [2.05, 4.69) is 33.8 Å². The second kappa shape index (κ2) is 13.9. The van der Waals surface area contributed by atoms with Gasteiger partial charge in [-0.2, -0.15) is 0 Å². The molecule has 1 spiro atoms. The van der Waals surface area contributed by atoms with Crippen LogP contribution in [0.5, 0.6) is 5.75 Å². The lowest BCUT2D eigenvalue weighted by Crippen LogP contribution is -2.82. The number of ether oxygens (including phenoxy) is 4. The van der Waals surface area contributed by atoms with Crippen molar-refractivity contribution < 1.29 is 43.5 Å². The number of methoxy groups -OCH3 is 3. The SMILES string of the molecule is CC[C@]1(O)C[C@@H]2CN(CCc3c([nH]c4ccccc34)[C@@](C(=O)OC)(c3cc4c(cc3OC)N(C)[C@H]3[C@@](O)(C(=O)OC)[C@H](OC(C)=O)[C@]5(CC)CCCN6CC[C@]43[C@@H]65)C2)C1. The number of piperidine rings is 2. The van der Waals surface area contributed by atoms with Crippen LogP contribution in [0.25, 0.3) is 10.9 Å². The molecule has 6 aliphatic rings. The van der Waals surface area contributed by atoms with E-state index < -0.39 is 57.5 Å². The van der Waals surface area contributed by atoms with E-state index in [9.17, 15) is 19.8 Å². The molecule has 3 N–H and O–H groups in total. The van der Waals surface area contributed by atoms with Crippen molar-refractivity contribution in [2.45, 2.75) is 112 Å². The monoisotopic (exact) mass is 812 g/mol. The number of nitrogens with one attached hydrogen (secondary N) is 1. The molecule has 318 valence electrons. The van der Waals surface area contributed by atoms with Gasteiger partial charge in [0, 0.05) is 84.4 Å². The molecular weight excluding hydrogens is 753 g/mol. The number of aliphatic hydroxyl groups is 2. The number of carbonyl (C=O) groups is 3. The number of nitrogens with zero attached hydrogens (tertiary/aromatic N) is 3. The van der Waals surface area contributed by atoms with Gasteiger partial charge < -0.3 is 39.0 Å². The van der Waals surface area contributed by atoms with Crippen LogP contribution < -0.4 is 9.64 Å². The number of rotatable bonds is 7. The maximum Gasteiger partial charge on any atom is 0.344 e. The molecular formula is C46H60N4O9. The zero-order chi connectivity index (χ0) is 41.9. The molecule has 2 aromatic carbocycles. The van der Waals surface area contributed by atoms with Gasteiger partial charge in [0.1, 0.15) is 11.2 Å². The first-order chi connectivity index (χ1) is 28.2. The number of H-pyrrole nitrogens is 1. The van der Waals surface area contributed by atoms with Crippen molar-refractivity contribution in [1.29, 1.82) is 0 Å². The molecule has 4 fully saturated rings. The van der Waals surface area contributed by atoms with Crippen molar-refractivity contribution in [3.63, 3.8) is 0 Å². The van der Waals surface area contributed by atoms with Crippen LogP contribution in [0.1, 0.15) is 88.1 Å². The number of carbonyl (C=O) groups excluding carboxylic acids is 3. The minimum Gasteiger partial charge on any atom is -0.496 e. The third kappa shape index (κ3) is 5.26. The Morgan fingerprint density at radius 2 is 1.68 bits per heavy atom. The van der Waals surface area contributed by atoms with E-state index in [1.54, 1.807) is 7.11 Å². The Balaban J connectivity index is 1.36. The molecule has 5 aliphatic heterocycles. The third-order valence-corrected chi connectivity index (χ3v) is 16.0. The lowest BCUT2D eigenvalue weighted by molar-refractivity contribution is -0.242. The molecule has 1 aliphatic carbocycles. The summed E-state index contributed by atoms with van der Waals surface area (Å²) in [4.78, 5) is 53.3. The summed E-state index contributed by atoms with van der Waals surface area (Å²) in [7, 11) is 6.21. The van der Waals surface area contributed by atoms with Crippen LogP contribution in [0.15, 0.2) is 36.4 Å². The quantitative estimate of drug-likeness (QED) is 0.232. The summed E-state index contributed by atoms with van der Waals surface area (Å²) in [6.45, 7) is 8.96. The van der Waals surface area contributed by atoms with Gasteiger partial charge >= 0.3 is 17.9 Å². The molecule has 6 heterocycles. The second-order valence-corrected chi connectivity index (χ2v) is 18.6. The molecule has 13 heteroatoms. The first-order valence-electron chi connectivity index (χ1n) is 21.5. The van der Waals surface area contributed by atoms with Crippen LogP contribution in [0, 0.1) is 11.3 Å². The minimum atomic E-state index is -2.25. The van der Waals surface area contributed by atoms with Crippen LogP contribution in [-0.2, 0) is 45.8 Å². The van der Waals surface area contributed by atoms with Gasteiger partial charge in [0.25, 0.3) is 0 Å². The van der Waals surface area contributed by atoms with Crippen LogP contribution in [-0.4, -0.2) is 133 Å². The molecule has 3 saturated heterocycles. The van der Waals surface area contributed by atoms with Crippen molar-refractivity contribution in [3.8, 4) is 5.75 Å². The Kier molecular flexibility index (Phi) is 9.51. The molecule has 1 unspecified atom stereocenters. The Morgan fingerprint density at radius 1 is 0.915 bits per heavy atom. The zero-order valence-corrected chi connectivity index (χ0v) is 35.6. The lowest BCUT2D eigenvalue weighted by atomic mass is 9.46. The van der Waals surface area contributed by atoms with E-state index in [1.165, 1.54) is 21.1 Å². The highest BCUT2D eigenvalue weighted by Gasteiger charge is 2.81. The molecule has 1 saturated carbocycles. The predicted molar refractivity (Wildman–Crippen MR) is 221 cm³/mol. The molecule has 59 heavy (non-hydrogen) atoms. The predicted octanol–water partition coefficient (Wildman–Crippen LogP) is 4.21. The number of likely N-dealkylation sites (N-methyl/N-ethyl adjacent to an activating group) is 1. The number of fused-ring (bicyclic) bond motifs is 6. The van der Waals surface area contributed by atoms with Crippen molar-refractivity contribution in [1.82, 2.24) is 14.8 Å². The molecule has 3 aromatic rings. The smallest absolute Gasteiger partial charge is 0.344 e. The average Bonchev–Trinajstić information content (AvgIpc) is 3.90. The van der Waals surface area contributed by atoms with Crippen LogP contribution in [0.4, 0.5) is 5.69 Å². The molecule has 9 rings (SSSR count). The third-order valence-electron chi connectivity index (χ3n) is 16.0. The number of hydrogen-bond acceptors (Lipinski definition) is 12. The largest absolute Gasteiger partial charge is 0.496 e. The number of aromatic nitrogens is 1. The van der Waals surface area contributed by atoms with Crippen LogP contribution in [0.2, 0.25) is 0 Å². The van der Waals surface area contributed by atoms with Gasteiger partial charge in [0.15, 0.2) is 6.10 Å². The Bertz CT molecular complexity index is 2210. The van der Waals surface area contributed by atoms with E-state index in [1.807, 2.05) is 43.1 Å². The van der Waals surface area contributed by atoms with E-state index >= 15 is 4.79 Å². The second-order valence-electron chi connectivity index (χ2n) is 18.6. The number of esters is 3. The highest BCUT2D eigenvalue weighted by molar-refractivity contribution is 5.95. The molecule has 2 bridgehead atoms. The van der Waals surface area contributed by atoms with Gasteiger partial charge in [0.2, 0.25) is 5.60 Å². The average molecular weight is 813 g/mol. The zero-order valence-electron chi connectivity index (χ0n) is 35.6. The van der Waals surface area contributed by atoms with Gasteiger partial charge in [0.05, 0.1) is 33.0 Å². The minimum absolute atomic E-state index is 0.0895. The summed E-state index contributed by atoms with van der Waals surface area (Å²) in [6, 6.07) is 11.1. The number of hydrogen-bond donors (Lipinski definition) is 3. The van der Waals surface area contributed by atoms with Crippen molar-refractivity contribution in [2.75, 3.05) is 66.0 Å². The summed E-state index contributed by atoms with van der Waals surface area (Å²) in [5.41, 5.74) is -1.22. The standard InChI is InChI=1S/C46H60N4O9/c1-8-42(54)23-28-24-45(40(52)57-6,36-30(15-19-49(25-28)26-42)29-13-10-11-14-33(29)47-36)32-21-31-34(22-35(32)56-5)48(4)38-44(31)17-20-50-18-12-16-43(9-2,37(44)50)39(59-27(3)51)46(38,55)41(53)58-7/h10-11,13-14,21-22,28,37-39,47,54-55H,8-9,12,15-20,23-26H2,1-7H3/t28-,37-,38+,39+,42-,43+,44+,45-,46-/m0/s1. The van der Waals surface area contributed by atoms with Crippen molar-refractivity contribution in [3.05, 3.63) is 58.8 Å². The molecule has 1 aromatic heterocycles. The van der Waals surface area contributed by atoms with Gasteiger partial charge in [-0.25, -0.2) is 4.79 Å². The number of para-hydroxylation sites is 1. The summed E-state index contributed by atoms with van der Waals surface area (Å²) < 4.78 is 24.0. The fraction of sp³-hybridized carbons (Fsp3) is 0.630. The highest BCUT2D eigenvalue weighted by atomic mass is 16.6. The summed E-state index contributed by atoms with van der Waals surface area (Å²) in [6.07, 6.45) is 3.54. The van der Waals surface area contributed by atoms with Gasteiger partial charge in [-0.05, 0) is 93.6 Å². The van der Waals surface area contributed by atoms with E-state index in [4.69, 9.17) is 18.9 Å². The van der Waals surface area contributed by atoms with Crippen LogP contribution >= 0.6 is 0 Å². The first-order valence-corrected chi connectivity index (χ1v) is 21.5. The fourth-order valence-electron chi connectivity index (χ4n) is 14.0. The van der Waals surface area contributed by atoms with Crippen molar-refractivity contribution in [2.24, 2.45) is 11.3 Å². The van der Waals surface area contributed by atoms with E-state index in [0.29, 0.717) is 82.4 Å². The van der Waals surface area contributed by atoms with Crippen molar-refractivity contribution >= 4 is 34.5 Å².